The highest BCUT2D eigenvalue weighted by molar-refractivity contribution is 9.10. The van der Waals surface area contributed by atoms with Gasteiger partial charge in [0, 0.05) is 28.2 Å². The number of rotatable bonds is 4. The summed E-state index contributed by atoms with van der Waals surface area (Å²) in [4.78, 5) is 3.54. The summed E-state index contributed by atoms with van der Waals surface area (Å²) in [6.45, 7) is 0.894. The fourth-order valence-electron chi connectivity index (χ4n) is 1.59. The monoisotopic (exact) mass is 311 g/mol. The second-order valence-electron chi connectivity index (χ2n) is 3.75. The molecule has 0 aliphatic rings. The van der Waals surface area contributed by atoms with Crippen LogP contribution in [0.5, 0.6) is 5.75 Å². The molecule has 0 atom stereocenters. The Morgan fingerprint density at radius 3 is 2.82 bits per heavy atom. The van der Waals surface area contributed by atoms with Gasteiger partial charge >= 0.3 is 0 Å². The zero-order chi connectivity index (χ0) is 12.3. The van der Waals surface area contributed by atoms with E-state index in [1.165, 1.54) is 9.35 Å². The van der Waals surface area contributed by atoms with E-state index in [0.29, 0.717) is 0 Å². The van der Waals surface area contributed by atoms with Crippen LogP contribution in [0.3, 0.4) is 0 Å². The number of methoxy groups -OCH3 is 1. The molecule has 90 valence electrons. The summed E-state index contributed by atoms with van der Waals surface area (Å²) in [7, 11) is 3.77. The van der Waals surface area contributed by atoms with Crippen LogP contribution in [-0.2, 0) is 6.54 Å². The molecule has 0 saturated carbocycles. The lowest BCUT2D eigenvalue weighted by Gasteiger charge is -2.19. The van der Waals surface area contributed by atoms with E-state index >= 15 is 0 Å². The lowest BCUT2D eigenvalue weighted by molar-refractivity contribution is 0.415. The maximum Gasteiger partial charge on any atom is 0.120 e. The van der Waals surface area contributed by atoms with E-state index in [2.05, 4.69) is 45.4 Å². The van der Waals surface area contributed by atoms with Crippen molar-refractivity contribution in [2.75, 3.05) is 19.1 Å². The third kappa shape index (κ3) is 3.01. The molecule has 0 N–H and O–H groups in total. The minimum Gasteiger partial charge on any atom is -0.497 e. The van der Waals surface area contributed by atoms with Crippen molar-refractivity contribution in [3.8, 4) is 5.75 Å². The van der Waals surface area contributed by atoms with Crippen LogP contribution in [0.2, 0.25) is 0 Å². The first kappa shape index (κ1) is 12.5. The van der Waals surface area contributed by atoms with E-state index in [9.17, 15) is 0 Å². The minimum atomic E-state index is 0.889. The van der Waals surface area contributed by atoms with E-state index in [1.54, 1.807) is 18.4 Å². The van der Waals surface area contributed by atoms with Crippen molar-refractivity contribution in [1.82, 2.24) is 0 Å². The Morgan fingerprint density at radius 1 is 1.35 bits per heavy atom. The molecule has 0 amide bonds. The van der Waals surface area contributed by atoms with Crippen LogP contribution in [0.15, 0.2) is 40.2 Å². The van der Waals surface area contributed by atoms with Crippen LogP contribution in [0.25, 0.3) is 0 Å². The number of benzene rings is 1. The molecule has 4 heteroatoms. The lowest BCUT2D eigenvalue weighted by Crippen LogP contribution is -2.15. The number of halogens is 1. The Morgan fingerprint density at radius 2 is 2.18 bits per heavy atom. The molecule has 0 fully saturated rings. The molecule has 0 radical (unpaired) electrons. The summed E-state index contributed by atoms with van der Waals surface area (Å²) in [6, 6.07) is 10.2. The zero-order valence-corrected chi connectivity index (χ0v) is 12.2. The van der Waals surface area contributed by atoms with Crippen molar-refractivity contribution in [3.63, 3.8) is 0 Å². The summed E-state index contributed by atoms with van der Waals surface area (Å²) in [5, 5.41) is 2.10. The minimum absolute atomic E-state index is 0.889. The van der Waals surface area contributed by atoms with Gasteiger partial charge in [0.25, 0.3) is 0 Å². The summed E-state index contributed by atoms with van der Waals surface area (Å²) < 4.78 is 6.41. The van der Waals surface area contributed by atoms with E-state index in [-0.39, 0.29) is 0 Å². The van der Waals surface area contributed by atoms with Gasteiger partial charge in [-0.25, -0.2) is 0 Å². The van der Waals surface area contributed by atoms with Gasteiger partial charge in [0.05, 0.1) is 13.7 Å². The van der Waals surface area contributed by atoms with E-state index < -0.39 is 0 Å². The van der Waals surface area contributed by atoms with Crippen LogP contribution in [0.1, 0.15) is 4.88 Å². The second kappa shape index (κ2) is 5.56. The first-order chi connectivity index (χ1) is 8.20. The summed E-state index contributed by atoms with van der Waals surface area (Å²) >= 11 is 5.32. The topological polar surface area (TPSA) is 12.5 Å². The molecule has 1 aromatic heterocycles. The highest BCUT2D eigenvalue weighted by atomic mass is 79.9. The normalized spacial score (nSPS) is 10.3. The Balaban J connectivity index is 2.14. The van der Waals surface area contributed by atoms with Crippen molar-refractivity contribution in [2.24, 2.45) is 0 Å². The molecule has 1 heterocycles. The van der Waals surface area contributed by atoms with Gasteiger partial charge in [-0.15, -0.1) is 11.3 Å². The Kier molecular flexibility index (Phi) is 4.07. The molecule has 2 nitrogen and oxygen atoms in total. The quantitative estimate of drug-likeness (QED) is 0.841. The largest absolute Gasteiger partial charge is 0.497 e. The molecule has 2 aromatic rings. The highest BCUT2D eigenvalue weighted by Crippen LogP contribution is 2.27. The molecular formula is C13H14BrNOS. The van der Waals surface area contributed by atoms with Gasteiger partial charge in [-0.2, -0.15) is 0 Å². The van der Waals surface area contributed by atoms with E-state index in [0.717, 1.165) is 18.0 Å². The molecule has 2 rings (SSSR count). The number of ether oxygens (including phenoxy) is 1. The molecular weight excluding hydrogens is 298 g/mol. The van der Waals surface area contributed by atoms with E-state index in [4.69, 9.17) is 4.74 Å². The molecule has 1 aromatic carbocycles. The third-order valence-corrected chi connectivity index (χ3v) is 4.48. The number of hydrogen-bond acceptors (Lipinski definition) is 3. The van der Waals surface area contributed by atoms with Crippen LogP contribution >= 0.6 is 27.3 Å². The smallest absolute Gasteiger partial charge is 0.120 e. The molecule has 17 heavy (non-hydrogen) atoms. The standard InChI is InChI=1S/C13H14BrNOS/c1-15(9-13-12(14)6-7-17-13)10-4-3-5-11(8-10)16-2/h3-8H,9H2,1-2H3. The molecule has 0 bridgehead atoms. The summed E-state index contributed by atoms with van der Waals surface area (Å²) in [5.41, 5.74) is 1.16. The van der Waals surface area contributed by atoms with Gasteiger partial charge in [-0.05, 0) is 39.5 Å². The average molecular weight is 312 g/mol. The van der Waals surface area contributed by atoms with Crippen LogP contribution in [-0.4, -0.2) is 14.2 Å². The first-order valence-electron chi connectivity index (χ1n) is 5.28. The second-order valence-corrected chi connectivity index (χ2v) is 5.60. The van der Waals surface area contributed by atoms with Crippen LogP contribution in [0.4, 0.5) is 5.69 Å². The predicted molar refractivity (Wildman–Crippen MR) is 77.1 cm³/mol. The summed E-state index contributed by atoms with van der Waals surface area (Å²) in [5.74, 6) is 0.889. The van der Waals surface area contributed by atoms with Crippen LogP contribution < -0.4 is 9.64 Å². The van der Waals surface area contributed by atoms with Crippen molar-refractivity contribution in [1.29, 1.82) is 0 Å². The Bertz CT molecular complexity index is 498. The maximum atomic E-state index is 5.23. The van der Waals surface area contributed by atoms with Crippen molar-refractivity contribution in [3.05, 3.63) is 45.1 Å². The van der Waals surface area contributed by atoms with Crippen molar-refractivity contribution < 1.29 is 4.74 Å². The van der Waals surface area contributed by atoms with Crippen LogP contribution in [0, 0.1) is 0 Å². The van der Waals surface area contributed by atoms with Gasteiger partial charge in [0.15, 0.2) is 0 Å². The SMILES string of the molecule is COc1cccc(N(C)Cc2sccc2Br)c1. The number of thiophene rings is 1. The fourth-order valence-corrected chi connectivity index (χ4v) is 3.12. The van der Waals surface area contributed by atoms with Gasteiger partial charge in [0.2, 0.25) is 0 Å². The molecule has 0 spiro atoms. The Labute approximate surface area is 114 Å². The first-order valence-corrected chi connectivity index (χ1v) is 6.95. The predicted octanol–water partition coefficient (Wildman–Crippen LogP) is 4.16. The summed E-state index contributed by atoms with van der Waals surface area (Å²) in [6.07, 6.45) is 0. The van der Waals surface area contributed by atoms with Gasteiger partial charge in [-0.1, -0.05) is 6.07 Å². The Hall–Kier alpha value is -1.00. The number of anilines is 1. The fraction of sp³-hybridized carbons (Fsp3) is 0.231. The molecule has 0 aliphatic carbocycles. The number of hydrogen-bond donors (Lipinski definition) is 0. The van der Waals surface area contributed by atoms with Gasteiger partial charge in [0.1, 0.15) is 5.75 Å². The van der Waals surface area contributed by atoms with E-state index in [1.807, 2.05) is 18.2 Å². The number of nitrogens with zero attached hydrogens (tertiary/aromatic N) is 1. The highest BCUT2D eigenvalue weighted by Gasteiger charge is 2.07. The lowest BCUT2D eigenvalue weighted by atomic mass is 10.2. The third-order valence-electron chi connectivity index (χ3n) is 2.57. The molecule has 0 unspecified atom stereocenters. The van der Waals surface area contributed by atoms with Crippen molar-refractivity contribution >= 4 is 33.0 Å². The average Bonchev–Trinajstić information content (AvgIpc) is 2.75. The molecule has 0 saturated heterocycles. The zero-order valence-electron chi connectivity index (χ0n) is 9.81. The van der Waals surface area contributed by atoms with Crippen molar-refractivity contribution in [2.45, 2.75) is 6.54 Å². The van der Waals surface area contributed by atoms with Gasteiger partial charge < -0.3 is 9.64 Å². The van der Waals surface area contributed by atoms with Gasteiger partial charge in [-0.3, -0.25) is 0 Å². The molecule has 0 aliphatic heterocycles. The maximum absolute atomic E-state index is 5.23.